The van der Waals surface area contributed by atoms with E-state index in [1.54, 1.807) is 7.11 Å². The van der Waals surface area contributed by atoms with Crippen molar-refractivity contribution in [1.82, 2.24) is 5.32 Å². The van der Waals surface area contributed by atoms with E-state index in [0.717, 1.165) is 34.8 Å². The molecule has 2 heterocycles. The molecule has 4 rings (SSSR count). The second-order valence-corrected chi connectivity index (χ2v) is 6.71. The van der Waals surface area contributed by atoms with E-state index >= 15 is 0 Å². The van der Waals surface area contributed by atoms with Crippen LogP contribution < -0.4 is 24.3 Å². The number of hydrogen-bond acceptors (Lipinski definition) is 5. The number of amides is 1. The van der Waals surface area contributed by atoms with Gasteiger partial charge in [-0.3, -0.25) is 4.79 Å². The fraction of sp³-hybridized carbons (Fsp3) is 0.381. The first-order valence-electron chi connectivity index (χ1n) is 9.19. The van der Waals surface area contributed by atoms with Crippen LogP contribution in [0.15, 0.2) is 36.4 Å². The lowest BCUT2D eigenvalue weighted by molar-refractivity contribution is -0.126. The number of fused-ring (bicyclic) bond motifs is 2. The summed E-state index contributed by atoms with van der Waals surface area (Å²) < 4.78 is 22.5. The first-order chi connectivity index (χ1) is 13.2. The summed E-state index contributed by atoms with van der Waals surface area (Å²) in [4.78, 5) is 12.6. The van der Waals surface area contributed by atoms with E-state index in [1.165, 1.54) is 0 Å². The predicted octanol–water partition coefficient (Wildman–Crippen LogP) is 2.72. The summed E-state index contributed by atoms with van der Waals surface area (Å²) in [6.07, 6.45) is 1.51. The molecule has 0 fully saturated rings. The van der Waals surface area contributed by atoms with Crippen LogP contribution in [0, 0.1) is 5.92 Å². The van der Waals surface area contributed by atoms with Crippen molar-refractivity contribution in [2.75, 3.05) is 26.9 Å². The van der Waals surface area contributed by atoms with E-state index in [0.29, 0.717) is 38.5 Å². The van der Waals surface area contributed by atoms with Crippen LogP contribution in [0.25, 0.3) is 0 Å². The molecule has 142 valence electrons. The average molecular weight is 369 g/mol. The van der Waals surface area contributed by atoms with Gasteiger partial charge in [0.15, 0.2) is 23.0 Å². The van der Waals surface area contributed by atoms with Gasteiger partial charge in [0.1, 0.15) is 6.61 Å². The molecule has 0 saturated carbocycles. The molecule has 0 saturated heterocycles. The third-order valence-electron chi connectivity index (χ3n) is 4.82. The smallest absolute Gasteiger partial charge is 0.227 e. The maximum atomic E-state index is 12.6. The largest absolute Gasteiger partial charge is 0.493 e. The molecule has 2 aliphatic rings. The van der Waals surface area contributed by atoms with Gasteiger partial charge in [-0.1, -0.05) is 18.2 Å². The summed E-state index contributed by atoms with van der Waals surface area (Å²) >= 11 is 0. The second kappa shape index (κ2) is 7.78. The molecule has 1 atom stereocenters. The second-order valence-electron chi connectivity index (χ2n) is 6.71. The summed E-state index contributed by atoms with van der Waals surface area (Å²) in [7, 11) is 1.62. The first kappa shape index (κ1) is 17.5. The molecule has 0 spiro atoms. The number of carbonyl (C=O) groups excluding carboxylic acids is 1. The Morgan fingerprint density at radius 1 is 1.15 bits per heavy atom. The fourth-order valence-corrected chi connectivity index (χ4v) is 3.37. The molecule has 0 aromatic heterocycles. The molecule has 2 aromatic carbocycles. The maximum Gasteiger partial charge on any atom is 0.227 e. The standard InChI is InChI=1S/C21H23NO5/c1-24-18-5-2-4-15-11-16(13-27-20(15)18)21(23)22-12-14-6-7-17-19(10-14)26-9-3-8-25-17/h2,4-7,10,16H,3,8-9,11-13H2,1H3,(H,22,23)/t16-/m1/s1. The molecule has 6 nitrogen and oxygen atoms in total. The number of methoxy groups -OCH3 is 1. The van der Waals surface area contributed by atoms with Crippen molar-refractivity contribution >= 4 is 5.91 Å². The topological polar surface area (TPSA) is 66.0 Å². The number of ether oxygens (including phenoxy) is 4. The van der Waals surface area contributed by atoms with E-state index in [2.05, 4.69) is 5.32 Å². The average Bonchev–Trinajstić information content (AvgIpc) is 2.96. The fourth-order valence-electron chi connectivity index (χ4n) is 3.37. The highest BCUT2D eigenvalue weighted by Gasteiger charge is 2.27. The van der Waals surface area contributed by atoms with Crippen LogP contribution in [0.3, 0.4) is 0 Å². The minimum atomic E-state index is -0.218. The Balaban J connectivity index is 1.38. The molecule has 0 unspecified atom stereocenters. The van der Waals surface area contributed by atoms with Crippen molar-refractivity contribution in [3.8, 4) is 23.0 Å². The number of nitrogens with one attached hydrogen (secondary N) is 1. The van der Waals surface area contributed by atoms with Crippen molar-refractivity contribution in [3.63, 3.8) is 0 Å². The van der Waals surface area contributed by atoms with Crippen molar-refractivity contribution in [2.24, 2.45) is 5.92 Å². The Bertz CT molecular complexity index is 835. The first-order valence-corrected chi connectivity index (χ1v) is 9.19. The number of hydrogen-bond donors (Lipinski definition) is 1. The van der Waals surface area contributed by atoms with E-state index < -0.39 is 0 Å². The molecule has 6 heteroatoms. The van der Waals surface area contributed by atoms with Crippen molar-refractivity contribution in [2.45, 2.75) is 19.4 Å². The highest BCUT2D eigenvalue weighted by atomic mass is 16.5. The van der Waals surface area contributed by atoms with Crippen LogP contribution in [0.5, 0.6) is 23.0 Å². The van der Waals surface area contributed by atoms with Crippen LogP contribution in [-0.4, -0.2) is 32.8 Å². The molecular weight excluding hydrogens is 346 g/mol. The lowest BCUT2D eigenvalue weighted by atomic mass is 9.95. The molecule has 1 N–H and O–H groups in total. The minimum absolute atomic E-state index is 0.0180. The Hall–Kier alpha value is -2.89. The molecule has 2 aliphatic heterocycles. The quantitative estimate of drug-likeness (QED) is 0.898. The van der Waals surface area contributed by atoms with E-state index in [9.17, 15) is 4.79 Å². The normalized spacial score (nSPS) is 17.9. The number of carbonyl (C=O) groups is 1. The maximum absolute atomic E-state index is 12.6. The lowest BCUT2D eigenvalue weighted by Crippen LogP contribution is -2.37. The van der Waals surface area contributed by atoms with Gasteiger partial charge < -0.3 is 24.3 Å². The van der Waals surface area contributed by atoms with Gasteiger partial charge in [-0.05, 0) is 35.7 Å². The SMILES string of the molecule is COc1cccc2c1OC[C@H](C(=O)NCc1ccc3c(c1)OCCCO3)C2. The molecular formula is C21H23NO5. The van der Waals surface area contributed by atoms with Gasteiger partial charge in [0.05, 0.1) is 26.2 Å². The Morgan fingerprint density at radius 2 is 2.00 bits per heavy atom. The Kier molecular flexibility index (Phi) is 5.05. The van der Waals surface area contributed by atoms with Crippen molar-refractivity contribution in [1.29, 1.82) is 0 Å². The molecule has 0 radical (unpaired) electrons. The number of benzene rings is 2. The van der Waals surface area contributed by atoms with Crippen LogP contribution in [-0.2, 0) is 17.8 Å². The summed E-state index contributed by atoms with van der Waals surface area (Å²) in [5.74, 6) is 2.71. The molecule has 2 aromatic rings. The van der Waals surface area contributed by atoms with E-state index in [-0.39, 0.29) is 11.8 Å². The Labute approximate surface area is 158 Å². The van der Waals surface area contributed by atoms with Gasteiger partial charge >= 0.3 is 0 Å². The van der Waals surface area contributed by atoms with Crippen LogP contribution in [0.4, 0.5) is 0 Å². The van der Waals surface area contributed by atoms with Crippen molar-refractivity contribution in [3.05, 3.63) is 47.5 Å². The van der Waals surface area contributed by atoms with Gasteiger partial charge in [-0.2, -0.15) is 0 Å². The summed E-state index contributed by atoms with van der Waals surface area (Å²) in [5.41, 5.74) is 1.97. The highest BCUT2D eigenvalue weighted by Crippen LogP contribution is 2.36. The Morgan fingerprint density at radius 3 is 2.85 bits per heavy atom. The van der Waals surface area contributed by atoms with Crippen LogP contribution in [0.1, 0.15) is 17.5 Å². The summed E-state index contributed by atoms with van der Waals surface area (Å²) in [6, 6.07) is 11.5. The number of rotatable bonds is 4. The molecule has 1 amide bonds. The van der Waals surface area contributed by atoms with E-state index in [1.807, 2.05) is 36.4 Å². The van der Waals surface area contributed by atoms with Crippen LogP contribution >= 0.6 is 0 Å². The van der Waals surface area contributed by atoms with Crippen LogP contribution in [0.2, 0.25) is 0 Å². The zero-order chi connectivity index (χ0) is 18.6. The molecule has 0 bridgehead atoms. The molecule has 0 aliphatic carbocycles. The predicted molar refractivity (Wildman–Crippen MR) is 99.6 cm³/mol. The third kappa shape index (κ3) is 3.79. The third-order valence-corrected chi connectivity index (χ3v) is 4.82. The molecule has 27 heavy (non-hydrogen) atoms. The number of para-hydroxylation sites is 1. The van der Waals surface area contributed by atoms with Gasteiger partial charge in [0, 0.05) is 13.0 Å². The van der Waals surface area contributed by atoms with E-state index in [4.69, 9.17) is 18.9 Å². The van der Waals surface area contributed by atoms with Gasteiger partial charge in [0.2, 0.25) is 5.91 Å². The lowest BCUT2D eigenvalue weighted by Gasteiger charge is -2.25. The zero-order valence-electron chi connectivity index (χ0n) is 15.3. The summed E-state index contributed by atoms with van der Waals surface area (Å²) in [6.45, 7) is 2.10. The zero-order valence-corrected chi connectivity index (χ0v) is 15.3. The monoisotopic (exact) mass is 369 g/mol. The van der Waals surface area contributed by atoms with Crippen molar-refractivity contribution < 1.29 is 23.7 Å². The van der Waals surface area contributed by atoms with Gasteiger partial charge in [0.25, 0.3) is 0 Å². The van der Waals surface area contributed by atoms with Gasteiger partial charge in [-0.15, -0.1) is 0 Å². The highest BCUT2D eigenvalue weighted by molar-refractivity contribution is 5.79. The summed E-state index contributed by atoms with van der Waals surface area (Å²) in [5, 5.41) is 3.00. The van der Waals surface area contributed by atoms with Gasteiger partial charge in [-0.25, -0.2) is 0 Å². The minimum Gasteiger partial charge on any atom is -0.493 e.